The van der Waals surface area contributed by atoms with Gasteiger partial charge in [0, 0.05) is 43.9 Å². The van der Waals surface area contributed by atoms with Crippen LogP contribution in [0.1, 0.15) is 30.4 Å². The summed E-state index contributed by atoms with van der Waals surface area (Å²) in [7, 11) is 1.65. The monoisotopic (exact) mass is 534 g/mol. The van der Waals surface area contributed by atoms with E-state index < -0.39 is 41.8 Å². The van der Waals surface area contributed by atoms with Crippen LogP contribution >= 0.6 is 0 Å². The molecule has 0 saturated carbocycles. The quantitative estimate of drug-likeness (QED) is 0.380. The van der Waals surface area contributed by atoms with Gasteiger partial charge in [-0.15, -0.1) is 0 Å². The standard InChI is InChI=1S/C25H26F4N6O3/c1-14(23(36)34-21-11-32-22(12-31-21)38-20-4-3-17(26)8-19(20)27)35-6-5-25(28,29)18(13-35)15-7-16(9-30-2)24(37)33-10-15/h3-4,7-8,10-12,14,18,30H,5-6,9,13H2,1-2H3,(H,33,37)(H,31,34,36). The number of benzene rings is 1. The third-order valence-corrected chi connectivity index (χ3v) is 6.35. The number of H-pyrrole nitrogens is 1. The normalized spacial score (nSPS) is 18.1. The van der Waals surface area contributed by atoms with Crippen molar-refractivity contribution < 1.29 is 27.1 Å². The number of alkyl halides is 2. The van der Waals surface area contributed by atoms with Crippen molar-refractivity contribution in [3.63, 3.8) is 0 Å². The predicted octanol–water partition coefficient (Wildman–Crippen LogP) is 3.41. The van der Waals surface area contributed by atoms with E-state index in [1.807, 2.05) is 0 Å². The van der Waals surface area contributed by atoms with E-state index in [0.29, 0.717) is 11.6 Å². The number of nitrogens with one attached hydrogen (secondary N) is 3. The number of carbonyl (C=O) groups is 1. The number of anilines is 1. The molecule has 0 bridgehead atoms. The lowest BCUT2D eigenvalue weighted by Gasteiger charge is -2.40. The van der Waals surface area contributed by atoms with Crippen molar-refractivity contribution in [3.8, 4) is 11.6 Å². The van der Waals surface area contributed by atoms with Gasteiger partial charge in [0.25, 0.3) is 11.5 Å². The molecule has 0 aliphatic carbocycles. The van der Waals surface area contributed by atoms with Gasteiger partial charge in [-0.05, 0) is 37.7 Å². The maximum absolute atomic E-state index is 14.9. The van der Waals surface area contributed by atoms with Crippen LogP contribution in [-0.4, -0.2) is 57.9 Å². The van der Waals surface area contributed by atoms with Crippen molar-refractivity contribution in [1.82, 2.24) is 25.2 Å². The number of hydrogen-bond donors (Lipinski definition) is 3. The van der Waals surface area contributed by atoms with Gasteiger partial charge < -0.3 is 20.4 Å². The average Bonchev–Trinajstić information content (AvgIpc) is 2.88. The van der Waals surface area contributed by atoms with Crippen LogP contribution in [-0.2, 0) is 11.3 Å². The Morgan fingerprint density at radius 1 is 1.26 bits per heavy atom. The SMILES string of the molecule is CNCc1cc(C2CN(C(C)C(=O)Nc3cnc(Oc4ccc(F)cc4F)cn3)CCC2(F)F)c[nH]c1=O. The van der Waals surface area contributed by atoms with Crippen molar-refractivity contribution in [2.24, 2.45) is 0 Å². The summed E-state index contributed by atoms with van der Waals surface area (Å²) in [4.78, 5) is 37.0. The summed E-state index contributed by atoms with van der Waals surface area (Å²) in [6.07, 6.45) is 3.19. The lowest BCUT2D eigenvalue weighted by molar-refractivity contribution is -0.125. The molecule has 2 aromatic heterocycles. The Bertz CT molecular complexity index is 1350. The Kier molecular flexibility index (Phi) is 8.07. The number of ether oxygens (including phenoxy) is 1. The Hall–Kier alpha value is -3.84. The lowest BCUT2D eigenvalue weighted by atomic mass is 9.86. The molecular formula is C25H26F4N6O3. The number of hydrogen-bond acceptors (Lipinski definition) is 7. The van der Waals surface area contributed by atoms with E-state index in [1.54, 1.807) is 18.9 Å². The number of carbonyl (C=O) groups excluding carboxylic acids is 1. The minimum atomic E-state index is -3.02. The Morgan fingerprint density at radius 2 is 2.05 bits per heavy atom. The molecule has 202 valence electrons. The summed E-state index contributed by atoms with van der Waals surface area (Å²) in [6.45, 7) is 1.71. The fourth-order valence-corrected chi connectivity index (χ4v) is 4.20. The largest absolute Gasteiger partial charge is 0.434 e. The first-order valence-electron chi connectivity index (χ1n) is 11.8. The molecule has 3 heterocycles. The van der Waals surface area contributed by atoms with Crippen LogP contribution in [0.3, 0.4) is 0 Å². The van der Waals surface area contributed by atoms with Gasteiger partial charge in [-0.1, -0.05) is 0 Å². The maximum Gasteiger partial charge on any atom is 0.257 e. The third kappa shape index (κ3) is 6.17. The molecule has 0 radical (unpaired) electrons. The molecule has 2 unspecified atom stereocenters. The van der Waals surface area contributed by atoms with Crippen LogP contribution in [0.25, 0.3) is 0 Å². The fraction of sp³-hybridized carbons (Fsp3) is 0.360. The fourth-order valence-electron chi connectivity index (χ4n) is 4.20. The molecular weight excluding hydrogens is 508 g/mol. The van der Waals surface area contributed by atoms with E-state index in [-0.39, 0.29) is 48.2 Å². The number of halogens is 4. The molecule has 1 saturated heterocycles. The zero-order chi connectivity index (χ0) is 27.4. The molecule has 1 amide bonds. The zero-order valence-corrected chi connectivity index (χ0v) is 20.6. The second-order valence-corrected chi connectivity index (χ2v) is 8.96. The maximum atomic E-state index is 14.9. The number of nitrogens with zero attached hydrogens (tertiary/aromatic N) is 3. The van der Waals surface area contributed by atoms with E-state index in [1.165, 1.54) is 18.5 Å². The summed E-state index contributed by atoms with van der Waals surface area (Å²) in [6, 6.07) is 3.49. The molecule has 38 heavy (non-hydrogen) atoms. The highest BCUT2D eigenvalue weighted by molar-refractivity contribution is 5.93. The highest BCUT2D eigenvalue weighted by atomic mass is 19.3. The number of aromatic nitrogens is 3. The summed E-state index contributed by atoms with van der Waals surface area (Å²) in [5.41, 5.74) is 0.278. The zero-order valence-electron chi connectivity index (χ0n) is 20.6. The molecule has 4 rings (SSSR count). The molecule has 2 atom stereocenters. The molecule has 1 aromatic carbocycles. The van der Waals surface area contributed by atoms with Gasteiger partial charge in [-0.3, -0.25) is 14.5 Å². The lowest BCUT2D eigenvalue weighted by Crippen LogP contribution is -2.52. The summed E-state index contributed by atoms with van der Waals surface area (Å²) in [5, 5.41) is 5.42. The first kappa shape index (κ1) is 27.2. The van der Waals surface area contributed by atoms with Crippen LogP contribution in [0.5, 0.6) is 11.6 Å². The molecule has 13 heteroatoms. The average molecular weight is 535 g/mol. The number of rotatable bonds is 8. The Labute approximate surface area is 215 Å². The van der Waals surface area contributed by atoms with Gasteiger partial charge in [-0.25, -0.2) is 27.5 Å². The molecule has 3 aromatic rings. The van der Waals surface area contributed by atoms with Gasteiger partial charge >= 0.3 is 0 Å². The van der Waals surface area contributed by atoms with E-state index in [4.69, 9.17) is 4.74 Å². The molecule has 1 fully saturated rings. The van der Waals surface area contributed by atoms with Crippen molar-refractivity contribution in [3.05, 3.63) is 76.0 Å². The van der Waals surface area contributed by atoms with Crippen LogP contribution in [0, 0.1) is 11.6 Å². The molecule has 9 nitrogen and oxygen atoms in total. The van der Waals surface area contributed by atoms with Crippen molar-refractivity contribution in [1.29, 1.82) is 0 Å². The van der Waals surface area contributed by atoms with Crippen LogP contribution in [0.15, 0.2) is 47.7 Å². The smallest absolute Gasteiger partial charge is 0.257 e. The van der Waals surface area contributed by atoms with Crippen molar-refractivity contribution >= 4 is 11.7 Å². The van der Waals surface area contributed by atoms with Crippen LogP contribution < -0.4 is 20.9 Å². The first-order chi connectivity index (χ1) is 18.1. The predicted molar refractivity (Wildman–Crippen MR) is 130 cm³/mol. The minimum Gasteiger partial charge on any atom is -0.434 e. The topological polar surface area (TPSA) is 112 Å². The second-order valence-electron chi connectivity index (χ2n) is 8.96. The molecule has 0 spiro atoms. The van der Waals surface area contributed by atoms with Crippen molar-refractivity contribution in [2.75, 3.05) is 25.5 Å². The number of aromatic amines is 1. The molecule has 3 N–H and O–H groups in total. The number of pyridine rings is 1. The second kappa shape index (κ2) is 11.3. The van der Waals surface area contributed by atoms with Crippen LogP contribution in [0.2, 0.25) is 0 Å². The third-order valence-electron chi connectivity index (χ3n) is 6.35. The van der Waals surface area contributed by atoms with Gasteiger partial charge in [-0.2, -0.15) is 0 Å². The van der Waals surface area contributed by atoms with Gasteiger partial charge in [0.2, 0.25) is 11.8 Å². The number of piperidine rings is 1. The number of amides is 1. The van der Waals surface area contributed by atoms with E-state index in [2.05, 4.69) is 25.6 Å². The minimum absolute atomic E-state index is 0.00744. The van der Waals surface area contributed by atoms with Gasteiger partial charge in [0.05, 0.1) is 24.4 Å². The van der Waals surface area contributed by atoms with Gasteiger partial charge in [0.1, 0.15) is 5.82 Å². The van der Waals surface area contributed by atoms with E-state index in [0.717, 1.165) is 18.3 Å². The first-order valence-corrected chi connectivity index (χ1v) is 11.8. The number of likely N-dealkylation sites (tertiary alicyclic amines) is 1. The highest BCUT2D eigenvalue weighted by Gasteiger charge is 2.46. The Balaban J connectivity index is 1.41. The van der Waals surface area contributed by atoms with E-state index >= 15 is 0 Å². The van der Waals surface area contributed by atoms with Crippen molar-refractivity contribution in [2.45, 2.75) is 37.8 Å². The van der Waals surface area contributed by atoms with E-state index in [9.17, 15) is 27.2 Å². The summed E-state index contributed by atoms with van der Waals surface area (Å²) >= 11 is 0. The summed E-state index contributed by atoms with van der Waals surface area (Å²) in [5.74, 6) is -6.65. The molecule has 1 aliphatic rings. The molecule has 1 aliphatic heterocycles. The van der Waals surface area contributed by atoms with Gasteiger partial charge in [0.15, 0.2) is 17.4 Å². The Morgan fingerprint density at radius 3 is 2.74 bits per heavy atom. The highest BCUT2D eigenvalue weighted by Crippen LogP contribution is 2.40. The van der Waals surface area contributed by atoms with Crippen LogP contribution in [0.4, 0.5) is 23.4 Å². The summed E-state index contributed by atoms with van der Waals surface area (Å²) < 4.78 is 61.8.